The van der Waals surface area contributed by atoms with Crippen molar-refractivity contribution in [1.82, 2.24) is 0 Å². The Morgan fingerprint density at radius 2 is 1.65 bits per heavy atom. The predicted octanol–water partition coefficient (Wildman–Crippen LogP) is 5.07. The lowest BCUT2D eigenvalue weighted by atomic mass is 10.0. The van der Waals surface area contributed by atoms with Crippen LogP contribution in [0, 0.1) is 0 Å². The van der Waals surface area contributed by atoms with Crippen LogP contribution in [0.4, 0.5) is 0 Å². The first-order chi connectivity index (χ1) is 8.43. The molecule has 0 fully saturated rings. The summed E-state index contributed by atoms with van der Waals surface area (Å²) in [6.07, 6.45) is 4.36. The Bertz CT molecular complexity index is 643. The third kappa shape index (κ3) is 2.15. The first-order valence-electron chi connectivity index (χ1n) is 5.63. The highest BCUT2D eigenvalue weighted by Crippen LogP contribution is 2.21. The molecule has 0 aliphatic rings. The van der Waals surface area contributed by atoms with Gasteiger partial charge in [-0.25, -0.2) is 0 Å². The molecule has 0 aliphatic carbocycles. The van der Waals surface area contributed by atoms with E-state index >= 15 is 0 Å². The highest BCUT2D eigenvalue weighted by Gasteiger charge is 1.96. The fraction of sp³-hybridized carbons (Fsp3) is 0. The summed E-state index contributed by atoms with van der Waals surface area (Å²) in [6.45, 7) is 0. The minimum Gasteiger partial charge on any atom is -0.144 e. The van der Waals surface area contributed by atoms with Crippen molar-refractivity contribution in [2.24, 2.45) is 0 Å². The molecular weight excluding hydrogens is 224 g/mol. The normalized spacial score (nSPS) is 11.3. The Balaban J connectivity index is 2.06. The van der Waals surface area contributed by atoms with Gasteiger partial charge in [-0.1, -0.05) is 54.6 Å². The molecule has 0 bridgehead atoms. The van der Waals surface area contributed by atoms with Crippen LogP contribution in [0.25, 0.3) is 22.9 Å². The van der Waals surface area contributed by atoms with Crippen LogP contribution in [0.3, 0.4) is 0 Å². The van der Waals surface area contributed by atoms with Gasteiger partial charge < -0.3 is 0 Å². The van der Waals surface area contributed by atoms with Gasteiger partial charge in [0.25, 0.3) is 0 Å². The van der Waals surface area contributed by atoms with Crippen LogP contribution in [-0.4, -0.2) is 0 Å². The number of fused-ring (bicyclic) bond motifs is 1. The van der Waals surface area contributed by atoms with E-state index in [2.05, 4.69) is 72.1 Å². The van der Waals surface area contributed by atoms with Crippen molar-refractivity contribution in [1.29, 1.82) is 0 Å². The lowest BCUT2D eigenvalue weighted by Gasteiger charge is -2.01. The lowest BCUT2D eigenvalue weighted by molar-refractivity contribution is 1.72. The number of rotatable bonds is 2. The molecule has 0 spiro atoms. The number of thiophene rings is 1. The van der Waals surface area contributed by atoms with E-state index in [9.17, 15) is 0 Å². The molecule has 1 heteroatoms. The average Bonchev–Trinajstić information content (AvgIpc) is 2.89. The molecule has 0 unspecified atom stereocenters. The second-order valence-electron chi connectivity index (χ2n) is 3.92. The van der Waals surface area contributed by atoms with E-state index in [-0.39, 0.29) is 0 Å². The summed E-state index contributed by atoms with van der Waals surface area (Å²) in [4.78, 5) is 1.29. The van der Waals surface area contributed by atoms with Crippen LogP contribution < -0.4 is 0 Å². The molecule has 0 aliphatic heterocycles. The van der Waals surface area contributed by atoms with Crippen molar-refractivity contribution in [3.8, 4) is 0 Å². The van der Waals surface area contributed by atoms with Crippen LogP contribution in [-0.2, 0) is 0 Å². The van der Waals surface area contributed by atoms with E-state index in [0.29, 0.717) is 0 Å². The molecule has 17 heavy (non-hydrogen) atoms. The summed E-state index contributed by atoms with van der Waals surface area (Å²) in [5.74, 6) is 0. The van der Waals surface area contributed by atoms with Gasteiger partial charge in [-0.15, -0.1) is 11.3 Å². The third-order valence-corrected chi connectivity index (χ3v) is 3.63. The van der Waals surface area contributed by atoms with Crippen molar-refractivity contribution in [3.63, 3.8) is 0 Å². The summed E-state index contributed by atoms with van der Waals surface area (Å²) in [5, 5.41) is 4.70. The van der Waals surface area contributed by atoms with Crippen molar-refractivity contribution >= 4 is 34.3 Å². The molecule has 0 amide bonds. The van der Waals surface area contributed by atoms with E-state index in [1.807, 2.05) is 0 Å². The van der Waals surface area contributed by atoms with Crippen LogP contribution in [0.1, 0.15) is 10.4 Å². The Morgan fingerprint density at radius 3 is 2.53 bits per heavy atom. The van der Waals surface area contributed by atoms with Crippen molar-refractivity contribution in [3.05, 3.63) is 70.4 Å². The summed E-state index contributed by atoms with van der Waals surface area (Å²) in [7, 11) is 0. The summed E-state index contributed by atoms with van der Waals surface area (Å²) in [6, 6.07) is 19.1. The van der Waals surface area contributed by atoms with E-state index in [4.69, 9.17) is 0 Å². The minimum absolute atomic E-state index is 1.27. The molecule has 2 aromatic carbocycles. The Morgan fingerprint density at radius 1 is 0.765 bits per heavy atom. The van der Waals surface area contributed by atoms with Gasteiger partial charge in [0.15, 0.2) is 0 Å². The highest BCUT2D eigenvalue weighted by atomic mass is 32.1. The second kappa shape index (κ2) is 4.56. The molecule has 0 saturated heterocycles. The fourth-order valence-electron chi connectivity index (χ4n) is 1.95. The van der Waals surface area contributed by atoms with Gasteiger partial charge in [0, 0.05) is 4.88 Å². The zero-order valence-corrected chi connectivity index (χ0v) is 10.2. The molecule has 0 radical (unpaired) electrons. The summed E-state index contributed by atoms with van der Waals surface area (Å²) >= 11 is 1.76. The number of hydrogen-bond acceptors (Lipinski definition) is 1. The van der Waals surface area contributed by atoms with Crippen LogP contribution in [0.2, 0.25) is 0 Å². The van der Waals surface area contributed by atoms with Crippen LogP contribution >= 0.6 is 11.3 Å². The Hall–Kier alpha value is -1.86. The standard InChI is InChI=1S/C16H12S/c1-2-9-16-13(5-1)6-3-7-14(16)10-11-15-8-4-12-17-15/h1-12H/b11-10+. The zero-order chi connectivity index (χ0) is 11.5. The van der Waals surface area contributed by atoms with E-state index in [0.717, 1.165) is 0 Å². The first kappa shape index (κ1) is 10.3. The van der Waals surface area contributed by atoms with Gasteiger partial charge in [-0.05, 0) is 33.9 Å². The largest absolute Gasteiger partial charge is 0.144 e. The maximum atomic E-state index is 2.19. The SMILES string of the molecule is C(=C\c1cccc2ccccc12)/c1cccs1. The monoisotopic (exact) mass is 236 g/mol. The number of benzene rings is 2. The summed E-state index contributed by atoms with van der Waals surface area (Å²) in [5.41, 5.74) is 1.27. The van der Waals surface area contributed by atoms with Gasteiger partial charge >= 0.3 is 0 Å². The third-order valence-electron chi connectivity index (χ3n) is 2.79. The van der Waals surface area contributed by atoms with Gasteiger partial charge in [0.05, 0.1) is 0 Å². The highest BCUT2D eigenvalue weighted by molar-refractivity contribution is 7.10. The average molecular weight is 236 g/mol. The quantitative estimate of drug-likeness (QED) is 0.582. The van der Waals surface area contributed by atoms with E-state index < -0.39 is 0 Å². The molecule has 0 N–H and O–H groups in total. The predicted molar refractivity (Wildman–Crippen MR) is 77.2 cm³/mol. The molecule has 0 saturated carbocycles. The smallest absolute Gasteiger partial charge is 0.0270 e. The fourth-order valence-corrected chi connectivity index (χ4v) is 2.57. The molecule has 3 rings (SSSR count). The zero-order valence-electron chi connectivity index (χ0n) is 9.34. The lowest BCUT2D eigenvalue weighted by Crippen LogP contribution is -1.76. The van der Waals surface area contributed by atoms with E-state index in [1.165, 1.54) is 21.2 Å². The minimum atomic E-state index is 1.27. The maximum absolute atomic E-state index is 2.19. The van der Waals surface area contributed by atoms with Crippen molar-refractivity contribution < 1.29 is 0 Å². The molecule has 0 nitrogen and oxygen atoms in total. The van der Waals surface area contributed by atoms with Gasteiger partial charge in [0.2, 0.25) is 0 Å². The molecule has 3 aromatic rings. The second-order valence-corrected chi connectivity index (χ2v) is 4.90. The van der Waals surface area contributed by atoms with Crippen molar-refractivity contribution in [2.45, 2.75) is 0 Å². The molecule has 82 valence electrons. The van der Waals surface area contributed by atoms with Gasteiger partial charge in [-0.2, -0.15) is 0 Å². The maximum Gasteiger partial charge on any atom is 0.0270 e. The first-order valence-corrected chi connectivity index (χ1v) is 6.51. The molecule has 1 heterocycles. The molecule has 0 atom stereocenters. The Kier molecular flexibility index (Phi) is 2.76. The van der Waals surface area contributed by atoms with Gasteiger partial charge in [-0.3, -0.25) is 0 Å². The van der Waals surface area contributed by atoms with E-state index in [1.54, 1.807) is 11.3 Å². The topological polar surface area (TPSA) is 0 Å². The van der Waals surface area contributed by atoms with Crippen molar-refractivity contribution in [2.75, 3.05) is 0 Å². The molecule has 1 aromatic heterocycles. The number of hydrogen-bond donors (Lipinski definition) is 0. The Labute approximate surface area is 105 Å². The van der Waals surface area contributed by atoms with Crippen LogP contribution in [0.15, 0.2) is 60.0 Å². The molecular formula is C16H12S. The van der Waals surface area contributed by atoms with Gasteiger partial charge in [0.1, 0.15) is 0 Å². The summed E-state index contributed by atoms with van der Waals surface area (Å²) < 4.78 is 0. The van der Waals surface area contributed by atoms with Crippen LogP contribution in [0.5, 0.6) is 0 Å².